The Morgan fingerprint density at radius 1 is 0.372 bits per heavy atom. The topological polar surface area (TPSA) is 49.0 Å². The van der Waals surface area contributed by atoms with Crippen LogP contribution in [-0.2, 0) is 52.1 Å². The first-order valence-electron chi connectivity index (χ1n) is 28.5. The van der Waals surface area contributed by atoms with Crippen molar-refractivity contribution >= 4 is 0 Å². The molecule has 1 heterocycles. The number of rotatable bonds is 7. The van der Waals surface area contributed by atoms with Gasteiger partial charge in [-0.25, -0.2) is 13.2 Å². The second-order valence-electron chi connectivity index (χ2n) is 27.1. The Bertz CT molecular complexity index is 2570. The van der Waals surface area contributed by atoms with E-state index in [2.05, 4.69) is 165 Å². The normalized spacial score (nSPS) is 13.1. The molecule has 6 aromatic rings. The SMILES string of the molecule is CC(C)(C)c1ccc(C2CCCCC2)cc1.CC(C)(C)c1ccc(F)cc1.CC(C)(C)c1ccncc1.CNCc1ccc(C(C)(C)C)c(F)c1.CNCc1ccc(C(C)(C)C)cc1.CNCc1ccc(F)c(C(C)(C)C)c1. The van der Waals surface area contributed by atoms with E-state index >= 15 is 0 Å². The molecule has 5 aromatic carbocycles. The maximum atomic E-state index is 13.6. The van der Waals surface area contributed by atoms with Gasteiger partial charge in [0.05, 0.1) is 0 Å². The summed E-state index contributed by atoms with van der Waals surface area (Å²) in [6.45, 7) is 41.0. The first kappa shape index (κ1) is 69.0. The molecule has 0 amide bonds. The Morgan fingerprint density at radius 2 is 0.731 bits per heavy atom. The highest BCUT2D eigenvalue weighted by Gasteiger charge is 2.21. The summed E-state index contributed by atoms with van der Waals surface area (Å²) in [6.07, 6.45) is 10.7. The first-order valence-corrected chi connectivity index (χ1v) is 28.5. The molecule has 0 unspecified atom stereocenters. The minimum Gasteiger partial charge on any atom is -0.316 e. The van der Waals surface area contributed by atoms with Crippen molar-refractivity contribution in [1.29, 1.82) is 0 Å². The molecule has 1 fully saturated rings. The van der Waals surface area contributed by atoms with Crippen LogP contribution >= 0.6 is 0 Å². The predicted octanol–water partition coefficient (Wildman–Crippen LogP) is 18.9. The van der Waals surface area contributed by atoms with Crippen LogP contribution in [0.5, 0.6) is 0 Å². The maximum absolute atomic E-state index is 13.6. The van der Waals surface area contributed by atoms with Gasteiger partial charge in [-0.3, -0.25) is 4.98 Å². The van der Waals surface area contributed by atoms with E-state index in [4.69, 9.17) is 0 Å². The average molecular weight is 1070 g/mol. The van der Waals surface area contributed by atoms with Crippen LogP contribution in [0.15, 0.2) is 134 Å². The largest absolute Gasteiger partial charge is 0.316 e. The van der Waals surface area contributed by atoms with Crippen molar-refractivity contribution in [3.8, 4) is 0 Å². The number of benzene rings is 5. The number of nitrogens with zero attached hydrogens (tertiary/aromatic N) is 1. The zero-order valence-corrected chi connectivity index (χ0v) is 52.5. The number of halogens is 3. The summed E-state index contributed by atoms with van der Waals surface area (Å²) in [4.78, 5) is 3.96. The van der Waals surface area contributed by atoms with E-state index in [1.165, 1.54) is 72.1 Å². The van der Waals surface area contributed by atoms with Crippen LogP contribution in [-0.4, -0.2) is 26.1 Å². The molecule has 0 atom stereocenters. The van der Waals surface area contributed by atoms with Crippen molar-refractivity contribution in [3.05, 3.63) is 207 Å². The molecule has 78 heavy (non-hydrogen) atoms. The van der Waals surface area contributed by atoms with Gasteiger partial charge in [-0.15, -0.1) is 0 Å². The molecule has 0 saturated heterocycles. The van der Waals surface area contributed by atoms with Gasteiger partial charge in [0.25, 0.3) is 0 Å². The fourth-order valence-corrected chi connectivity index (χ4v) is 8.76. The Morgan fingerprint density at radius 3 is 1.12 bits per heavy atom. The van der Waals surface area contributed by atoms with E-state index in [1.807, 2.05) is 111 Å². The third-order valence-corrected chi connectivity index (χ3v) is 13.8. The second-order valence-corrected chi connectivity index (χ2v) is 27.1. The van der Waals surface area contributed by atoms with Crippen LogP contribution in [0.2, 0.25) is 0 Å². The molecule has 3 N–H and O–H groups in total. The zero-order chi connectivity index (χ0) is 59.1. The van der Waals surface area contributed by atoms with E-state index in [9.17, 15) is 13.2 Å². The Hall–Kier alpha value is -5.08. The molecular formula is C71H105F3N4. The lowest BCUT2D eigenvalue weighted by atomic mass is 9.81. The molecule has 430 valence electrons. The molecule has 7 rings (SSSR count). The average Bonchev–Trinajstić information content (AvgIpc) is 3.35. The van der Waals surface area contributed by atoms with Crippen LogP contribution in [0, 0.1) is 17.5 Å². The highest BCUT2D eigenvalue weighted by molar-refractivity contribution is 5.33. The molecule has 1 aromatic heterocycles. The summed E-state index contributed by atoms with van der Waals surface area (Å²) in [5.74, 6) is 0.448. The minimum atomic E-state index is -0.169. The minimum absolute atomic E-state index is 0.106. The van der Waals surface area contributed by atoms with Gasteiger partial charge < -0.3 is 16.0 Å². The quantitative estimate of drug-likeness (QED) is 0.149. The molecule has 0 aliphatic heterocycles. The van der Waals surface area contributed by atoms with Gasteiger partial charge in [-0.05, 0) is 164 Å². The first-order chi connectivity index (χ1) is 36.1. The fraction of sp³-hybridized carbons (Fsp3) is 0.507. The van der Waals surface area contributed by atoms with Gasteiger partial charge >= 0.3 is 0 Å². The maximum Gasteiger partial charge on any atom is 0.127 e. The van der Waals surface area contributed by atoms with Gasteiger partial charge in [0.1, 0.15) is 17.5 Å². The number of nitrogens with one attached hydrogen (secondary N) is 3. The number of aromatic nitrogens is 1. The zero-order valence-electron chi connectivity index (χ0n) is 52.5. The highest BCUT2D eigenvalue weighted by Crippen LogP contribution is 2.34. The smallest absolute Gasteiger partial charge is 0.127 e. The van der Waals surface area contributed by atoms with Crippen LogP contribution in [0.4, 0.5) is 13.2 Å². The third kappa shape index (κ3) is 25.8. The summed E-state index contributed by atoms with van der Waals surface area (Å²) in [5, 5.41) is 9.20. The van der Waals surface area contributed by atoms with Crippen molar-refractivity contribution in [2.45, 2.75) is 215 Å². The highest BCUT2D eigenvalue weighted by atomic mass is 19.1. The van der Waals surface area contributed by atoms with E-state index in [0.29, 0.717) is 6.54 Å². The number of hydrogen-bond acceptors (Lipinski definition) is 4. The molecule has 1 aliphatic carbocycles. The van der Waals surface area contributed by atoms with Crippen LogP contribution in [0.3, 0.4) is 0 Å². The van der Waals surface area contributed by atoms with E-state index in [-0.39, 0.29) is 49.9 Å². The Labute approximate surface area is 474 Å². The summed E-state index contributed by atoms with van der Waals surface area (Å²) < 4.78 is 39.6. The van der Waals surface area contributed by atoms with Gasteiger partial charge in [0, 0.05) is 32.0 Å². The van der Waals surface area contributed by atoms with Crippen molar-refractivity contribution in [2.24, 2.45) is 0 Å². The van der Waals surface area contributed by atoms with Gasteiger partial charge in [0.2, 0.25) is 0 Å². The van der Waals surface area contributed by atoms with Crippen molar-refractivity contribution in [2.75, 3.05) is 21.1 Å². The lowest BCUT2D eigenvalue weighted by Gasteiger charge is -2.24. The molecule has 0 spiro atoms. The molecule has 1 aliphatic rings. The van der Waals surface area contributed by atoms with Gasteiger partial charge in [-0.2, -0.15) is 0 Å². The van der Waals surface area contributed by atoms with Crippen molar-refractivity contribution in [1.82, 2.24) is 20.9 Å². The molecular weight excluding hydrogens is 966 g/mol. The lowest BCUT2D eigenvalue weighted by molar-refractivity contribution is 0.443. The monoisotopic (exact) mass is 1070 g/mol. The number of hydrogen-bond donors (Lipinski definition) is 3. The standard InChI is InChI=1S/C16H24.2C12H18FN.C12H19N.C10H13F.C9H13N/c1-16(2,3)15-11-9-14(10-12-15)13-7-5-4-6-8-13;1-12(2,3)10-7-9(8-14-4)5-6-11(10)13;1-12(2,3)10-6-5-9(8-14-4)7-11(10)13;1-12(2,3)11-7-5-10(6-8-11)9-13-4;1-10(2,3)8-4-6-9(11)7-5-8;1-9(2,3)8-4-6-10-7-5-8/h9-13H,4-8H2,1-3H3;2*5-7,14H,8H2,1-4H3;5-8,13H,9H2,1-4H3;4-7H,1-3H3;4-7H,1-3H3. The van der Waals surface area contributed by atoms with Crippen molar-refractivity contribution < 1.29 is 13.2 Å². The summed E-state index contributed by atoms with van der Waals surface area (Å²) >= 11 is 0. The van der Waals surface area contributed by atoms with Crippen molar-refractivity contribution in [3.63, 3.8) is 0 Å². The Balaban J connectivity index is 0.000000322. The van der Waals surface area contributed by atoms with E-state index < -0.39 is 0 Å². The fourth-order valence-electron chi connectivity index (χ4n) is 8.76. The molecule has 0 radical (unpaired) electrons. The third-order valence-electron chi connectivity index (χ3n) is 13.8. The summed E-state index contributed by atoms with van der Waals surface area (Å²) in [6, 6.07) is 39.7. The predicted molar refractivity (Wildman–Crippen MR) is 333 cm³/mol. The summed E-state index contributed by atoms with van der Waals surface area (Å²) in [7, 11) is 5.72. The number of pyridine rings is 1. The molecule has 7 heteroatoms. The molecule has 1 saturated carbocycles. The van der Waals surface area contributed by atoms with E-state index in [0.717, 1.165) is 41.3 Å². The van der Waals surface area contributed by atoms with Crippen LogP contribution < -0.4 is 16.0 Å². The second kappa shape index (κ2) is 31.6. The molecule has 0 bridgehead atoms. The summed E-state index contributed by atoms with van der Waals surface area (Å²) in [5.41, 5.74) is 12.6. The van der Waals surface area contributed by atoms with E-state index in [1.54, 1.807) is 17.7 Å². The van der Waals surface area contributed by atoms with Gasteiger partial charge in [0.15, 0.2) is 0 Å². The Kier molecular flexibility index (Phi) is 28.0. The van der Waals surface area contributed by atoms with Crippen LogP contribution in [0.1, 0.15) is 218 Å². The van der Waals surface area contributed by atoms with Crippen LogP contribution in [0.25, 0.3) is 0 Å². The lowest BCUT2D eigenvalue weighted by Crippen LogP contribution is -2.15. The molecule has 4 nitrogen and oxygen atoms in total. The van der Waals surface area contributed by atoms with Gasteiger partial charge in [-0.1, -0.05) is 229 Å².